The van der Waals surface area contributed by atoms with Gasteiger partial charge < -0.3 is 39.4 Å². The van der Waals surface area contributed by atoms with E-state index in [0.29, 0.717) is 31.9 Å². The molecule has 12 nitrogen and oxygen atoms in total. The van der Waals surface area contributed by atoms with Crippen LogP contribution in [0.4, 0.5) is 0 Å². The Morgan fingerprint density at radius 1 is 0.366 bits per heavy atom. The summed E-state index contributed by atoms with van der Waals surface area (Å²) in [4.78, 5) is 47.8. The van der Waals surface area contributed by atoms with Crippen LogP contribution < -0.4 is 9.47 Å². The van der Waals surface area contributed by atoms with Gasteiger partial charge in [0.2, 0.25) is 0 Å². The molecule has 0 heterocycles. The van der Waals surface area contributed by atoms with Gasteiger partial charge in [-0.1, -0.05) is 230 Å². The van der Waals surface area contributed by atoms with E-state index in [9.17, 15) is 29.4 Å². The minimum atomic E-state index is -0.790. The van der Waals surface area contributed by atoms with Gasteiger partial charge in [-0.3, -0.25) is 19.2 Å². The van der Waals surface area contributed by atoms with Crippen molar-refractivity contribution in [2.75, 3.05) is 33.0 Å². The van der Waals surface area contributed by atoms with E-state index in [1.807, 2.05) is 88.4 Å². The van der Waals surface area contributed by atoms with Crippen LogP contribution in [0.25, 0.3) is 33.4 Å². The van der Waals surface area contributed by atoms with Crippen molar-refractivity contribution in [1.29, 1.82) is 0 Å². The molecular weight excluding hydrogens is 1480 g/mol. The number of carbonyl (C=O) groups is 4. The maximum atomic E-state index is 11.0. The Bertz CT molecular complexity index is 4460. The average Bonchev–Trinajstić information content (AvgIpc) is 0.809. The van der Waals surface area contributed by atoms with Crippen LogP contribution in [0.3, 0.4) is 0 Å². The van der Waals surface area contributed by atoms with Gasteiger partial charge in [-0.2, -0.15) is 0 Å². The summed E-state index contributed by atoms with van der Waals surface area (Å²) in [6.07, 6.45) is 7.19. The lowest BCUT2D eigenvalue weighted by Crippen LogP contribution is -2.14. The molecule has 10 aromatic carbocycles. The van der Waals surface area contributed by atoms with Gasteiger partial charge in [-0.15, -0.1) is 46.9 Å². The van der Waals surface area contributed by atoms with Crippen LogP contribution in [0.15, 0.2) is 239 Å². The number of methoxy groups -OCH3 is 2. The third kappa shape index (κ3) is 29.6. The number of alkyl halides is 1. The second kappa shape index (κ2) is 44.2. The van der Waals surface area contributed by atoms with Crippen molar-refractivity contribution in [2.24, 2.45) is 0 Å². The second-order valence-electron chi connectivity index (χ2n) is 31.0. The first kappa shape index (κ1) is 91.5. The van der Waals surface area contributed by atoms with Crippen molar-refractivity contribution in [3.05, 3.63) is 280 Å². The molecule has 0 aromatic heterocycles. The normalized spacial score (nSPS) is 12.2. The zero-order chi connectivity index (χ0) is 82.5. The Morgan fingerprint density at radius 3 is 0.938 bits per heavy atom. The molecule has 0 aliphatic carbocycles. The van der Waals surface area contributed by atoms with Crippen LogP contribution in [0.2, 0.25) is 0 Å². The van der Waals surface area contributed by atoms with Crippen molar-refractivity contribution in [3.63, 3.8) is 0 Å². The molecule has 0 bridgehead atoms. The van der Waals surface area contributed by atoms with Gasteiger partial charge in [0.05, 0.1) is 39.9 Å². The highest BCUT2D eigenvalue weighted by atomic mass is 35.5. The second-order valence-corrected chi connectivity index (χ2v) is 33.9. The zero-order valence-corrected chi connectivity index (χ0v) is 71.5. The highest BCUT2D eigenvalue weighted by Gasteiger charge is 2.24. The molecule has 16 heteroatoms. The smallest absolute Gasteiger partial charge is 0.306 e. The van der Waals surface area contributed by atoms with E-state index in [-0.39, 0.29) is 76.2 Å². The molecule has 4 N–H and O–H groups in total. The Morgan fingerprint density at radius 2 is 0.652 bits per heavy atom. The summed E-state index contributed by atoms with van der Waals surface area (Å²) in [6, 6.07) is 75.1. The molecule has 0 amide bonds. The SMILES string of the molecule is COC(=O)C[C@@H](C)c1cccc(O)c1.COC(=O)C[C@H](C)c1cccc(O)c1.CSc1cccc(-c2ccc(CCl)cc2C(C)(C)C)c1.CSc1cccc(-c2ccc(COc3cccc([C@@H](C)CC(=O)O)c3)cc2C(C)(C)C)c1.CSc1cccc(-c2ccc(COc3cccc([C@H](C)CC(=O)O)c3)cc2C(C)(C)C)c1. The first-order valence-electron chi connectivity index (χ1n) is 37.6. The average molecular weight is 1590 g/mol. The Kier molecular flexibility index (Phi) is 36.1. The maximum absolute atomic E-state index is 11.0. The number of ether oxygens (including phenoxy) is 4. The summed E-state index contributed by atoms with van der Waals surface area (Å²) >= 11 is 11.3. The number of esters is 2. The highest BCUT2D eigenvalue weighted by Crippen LogP contribution is 2.40. The number of halogens is 1. The van der Waals surface area contributed by atoms with Crippen molar-refractivity contribution in [2.45, 2.75) is 189 Å². The van der Waals surface area contributed by atoms with Crippen molar-refractivity contribution < 1.29 is 58.6 Å². The minimum absolute atomic E-state index is 0.00706. The van der Waals surface area contributed by atoms with E-state index in [1.54, 1.807) is 71.7 Å². The van der Waals surface area contributed by atoms with Crippen molar-refractivity contribution in [1.82, 2.24) is 0 Å². The number of carboxylic acids is 2. The van der Waals surface area contributed by atoms with Gasteiger partial charge >= 0.3 is 23.9 Å². The monoisotopic (exact) mass is 1590 g/mol. The molecule has 0 aliphatic heterocycles. The number of rotatable bonds is 25. The Balaban J connectivity index is 0.000000228. The number of thioether (sulfide) groups is 3. The van der Waals surface area contributed by atoms with Crippen LogP contribution in [0, 0.1) is 0 Å². The van der Waals surface area contributed by atoms with E-state index in [4.69, 9.17) is 31.3 Å². The van der Waals surface area contributed by atoms with Crippen LogP contribution in [-0.2, 0) is 64.0 Å². The summed E-state index contributed by atoms with van der Waals surface area (Å²) < 4.78 is 21.3. The predicted molar refractivity (Wildman–Crippen MR) is 466 cm³/mol. The molecule has 0 saturated carbocycles. The van der Waals surface area contributed by atoms with E-state index in [0.717, 1.165) is 44.9 Å². The minimum Gasteiger partial charge on any atom is -0.508 e. The summed E-state index contributed by atoms with van der Waals surface area (Å²) in [6.45, 7) is 28.8. The quantitative estimate of drug-likeness (QED) is 0.0240. The number of phenols is 2. The molecule has 4 atom stereocenters. The number of carbonyl (C=O) groups excluding carboxylic acids is 2. The molecule has 112 heavy (non-hydrogen) atoms. The topological polar surface area (TPSA) is 186 Å². The fraction of sp³-hybridized carbons (Fsp3) is 0.333. The van der Waals surface area contributed by atoms with E-state index >= 15 is 0 Å². The summed E-state index contributed by atoms with van der Waals surface area (Å²) in [5.41, 5.74) is 18.8. The molecule has 0 fully saturated rings. The molecule has 0 saturated heterocycles. The van der Waals surface area contributed by atoms with Crippen LogP contribution in [0.5, 0.6) is 23.0 Å². The predicted octanol–water partition coefficient (Wildman–Crippen LogP) is 25.3. The highest BCUT2D eigenvalue weighted by molar-refractivity contribution is 7.99. The van der Waals surface area contributed by atoms with Gasteiger partial charge in [-0.05, 0) is 233 Å². The number of hydrogen-bond donors (Lipinski definition) is 4. The lowest BCUT2D eigenvalue weighted by Gasteiger charge is -2.24. The van der Waals surface area contributed by atoms with Gasteiger partial charge in [0.1, 0.15) is 36.2 Å². The van der Waals surface area contributed by atoms with Crippen molar-refractivity contribution in [3.8, 4) is 56.4 Å². The number of aliphatic carboxylic acids is 2. The third-order valence-electron chi connectivity index (χ3n) is 18.9. The number of phenolic OH excluding ortho intramolecular Hbond substituents is 2. The van der Waals surface area contributed by atoms with Gasteiger partial charge in [0.25, 0.3) is 0 Å². The molecule has 0 aliphatic rings. The van der Waals surface area contributed by atoms with E-state index in [2.05, 4.69) is 218 Å². The van der Waals surface area contributed by atoms with Crippen LogP contribution in [0.1, 0.15) is 195 Å². The molecule has 0 radical (unpaired) electrons. The summed E-state index contributed by atoms with van der Waals surface area (Å²) in [5.74, 6) is 0.490. The molecule has 10 aromatic rings. The number of aromatic hydroxyl groups is 2. The van der Waals surface area contributed by atoms with Gasteiger partial charge in [0, 0.05) is 20.6 Å². The van der Waals surface area contributed by atoms with Crippen molar-refractivity contribution >= 4 is 70.8 Å². The fourth-order valence-electron chi connectivity index (χ4n) is 12.5. The van der Waals surface area contributed by atoms with Crippen LogP contribution >= 0.6 is 46.9 Å². The molecular formula is C96H113ClO12S3. The molecule has 10 rings (SSSR count). The lowest BCUT2D eigenvalue weighted by molar-refractivity contribution is -0.141. The first-order valence-corrected chi connectivity index (χ1v) is 41.8. The summed E-state index contributed by atoms with van der Waals surface area (Å²) in [7, 11) is 2.75. The first-order chi connectivity index (χ1) is 53.0. The summed E-state index contributed by atoms with van der Waals surface area (Å²) in [5, 5.41) is 36.6. The fourth-order valence-corrected chi connectivity index (χ4v) is 14.0. The van der Waals surface area contributed by atoms with Crippen LogP contribution in [-0.4, -0.2) is 77.3 Å². The number of carboxylic acid groups (broad SMARTS) is 2. The maximum Gasteiger partial charge on any atom is 0.306 e. The third-order valence-corrected chi connectivity index (χ3v) is 21.4. The molecule has 594 valence electrons. The Labute approximate surface area is 683 Å². The standard InChI is InChI=1S/2C28H32O3S.C18H21ClS.2C11H14O3/c2*1-19(14-27(29)30)21-8-6-10-23(16-21)31-18-20-12-13-25(26(15-20)28(2,3)4)22-9-7-11-24(17-22)32-5;1-18(2,3)17-10-13(12-19)8-9-16(17)14-6-5-7-15(11-14)20-4;2*1-8(6-11(13)14-2)9-4-3-5-10(12)7-9/h2*6-13,15-17,19H,14,18H2,1-5H3,(H,29,30);5-11H,12H2,1-4H3;2*3-5,7-8,12H,6H2,1-2H3/t2*19-;;2*8-/m10.10/s1. The number of benzene rings is 10. The Hall–Kier alpha value is -9.38. The van der Waals surface area contributed by atoms with Gasteiger partial charge in [-0.25, -0.2) is 0 Å². The molecule has 0 spiro atoms. The van der Waals surface area contributed by atoms with E-state index in [1.165, 1.54) is 84.5 Å². The largest absolute Gasteiger partial charge is 0.508 e. The zero-order valence-electron chi connectivity index (χ0n) is 68.3. The van der Waals surface area contributed by atoms with E-state index < -0.39 is 11.9 Å². The number of hydrogen-bond acceptors (Lipinski definition) is 13. The lowest BCUT2D eigenvalue weighted by atomic mass is 9.81. The van der Waals surface area contributed by atoms with Gasteiger partial charge in [0.15, 0.2) is 0 Å². The molecule has 0 unspecified atom stereocenters.